The number of aromatic nitrogens is 1. The van der Waals surface area contributed by atoms with Crippen molar-refractivity contribution in [1.82, 2.24) is 20.1 Å². The monoisotopic (exact) mass is 620 g/mol. The van der Waals surface area contributed by atoms with Crippen LogP contribution in [0.15, 0.2) is 67.0 Å². The first-order valence-corrected chi connectivity index (χ1v) is 14.7. The number of hydrogen-bond acceptors (Lipinski definition) is 7. The summed E-state index contributed by atoms with van der Waals surface area (Å²) in [7, 11) is 0. The van der Waals surface area contributed by atoms with Crippen molar-refractivity contribution in [2.75, 3.05) is 62.7 Å². The van der Waals surface area contributed by atoms with Gasteiger partial charge in [-0.2, -0.15) is 0 Å². The second kappa shape index (κ2) is 14.2. The van der Waals surface area contributed by atoms with Crippen LogP contribution in [0, 0.1) is 0 Å². The maximum atomic E-state index is 13.4. The summed E-state index contributed by atoms with van der Waals surface area (Å²) >= 11 is 6.11. The Kier molecular flexibility index (Phi) is 9.93. The maximum absolute atomic E-state index is 13.4. The molecular formula is C31H33ClN6O6. The first kappa shape index (κ1) is 30.8. The molecule has 0 aliphatic carbocycles. The quantitative estimate of drug-likeness (QED) is 0.347. The van der Waals surface area contributed by atoms with E-state index in [1.54, 1.807) is 65.7 Å². The molecule has 2 saturated heterocycles. The summed E-state index contributed by atoms with van der Waals surface area (Å²) in [5.41, 5.74) is 2.21. The van der Waals surface area contributed by atoms with E-state index in [0.717, 1.165) is 0 Å². The number of carboxylic acids is 1. The number of nitrogens with zero attached hydrogens (tertiary/aromatic N) is 4. The number of carbonyl (C=O) groups excluding carboxylic acids is 3. The van der Waals surface area contributed by atoms with Crippen molar-refractivity contribution in [1.29, 1.82) is 0 Å². The Balaban J connectivity index is 1.37. The highest BCUT2D eigenvalue weighted by Crippen LogP contribution is 2.30. The van der Waals surface area contributed by atoms with Crippen molar-refractivity contribution in [3.05, 3.63) is 88.7 Å². The molecule has 13 heteroatoms. The van der Waals surface area contributed by atoms with Gasteiger partial charge in [0.2, 0.25) is 0 Å². The van der Waals surface area contributed by atoms with Gasteiger partial charge in [-0.05, 0) is 48.0 Å². The van der Waals surface area contributed by atoms with Gasteiger partial charge in [0.05, 0.1) is 37.1 Å². The number of piperazine rings is 1. The number of urea groups is 1. The Morgan fingerprint density at radius 1 is 0.886 bits per heavy atom. The minimum absolute atomic E-state index is 0.0148. The zero-order valence-corrected chi connectivity index (χ0v) is 24.7. The molecule has 0 bridgehead atoms. The van der Waals surface area contributed by atoms with Gasteiger partial charge in [-0.3, -0.25) is 19.4 Å². The Labute approximate surface area is 259 Å². The number of hydrogen-bond donors (Lipinski definition) is 3. The second-order valence-corrected chi connectivity index (χ2v) is 10.9. The molecule has 230 valence electrons. The Morgan fingerprint density at radius 3 is 2.30 bits per heavy atom. The SMILES string of the molecule is O=C(O)CC(NC(=O)c1ccc(N2CCN(C(=O)N3CCOCC3)CC2)c(NC(=O)c2cccc(Cl)c2)c1)c1cccnc1. The molecule has 0 saturated carbocycles. The zero-order chi connectivity index (χ0) is 31.1. The maximum Gasteiger partial charge on any atom is 0.320 e. The minimum Gasteiger partial charge on any atom is -0.481 e. The first-order valence-electron chi connectivity index (χ1n) is 14.3. The summed E-state index contributed by atoms with van der Waals surface area (Å²) < 4.78 is 5.36. The largest absolute Gasteiger partial charge is 0.481 e. The normalized spacial score (nSPS) is 15.8. The molecule has 12 nitrogen and oxygen atoms in total. The molecule has 2 fully saturated rings. The number of aliphatic carboxylic acids is 1. The van der Waals surface area contributed by atoms with Crippen LogP contribution in [0.25, 0.3) is 0 Å². The lowest BCUT2D eigenvalue weighted by Gasteiger charge is -2.39. The van der Waals surface area contributed by atoms with Crippen LogP contribution in [-0.2, 0) is 9.53 Å². The van der Waals surface area contributed by atoms with Gasteiger partial charge in [-0.15, -0.1) is 0 Å². The van der Waals surface area contributed by atoms with E-state index in [-0.39, 0.29) is 18.0 Å². The number of pyridine rings is 1. The van der Waals surface area contributed by atoms with E-state index in [9.17, 15) is 24.3 Å². The number of rotatable bonds is 8. The van der Waals surface area contributed by atoms with Gasteiger partial charge < -0.3 is 35.2 Å². The number of ether oxygens (including phenoxy) is 1. The molecule has 3 N–H and O–H groups in total. The fraction of sp³-hybridized carbons (Fsp3) is 0.323. The summed E-state index contributed by atoms with van der Waals surface area (Å²) in [6.45, 7) is 4.20. The van der Waals surface area contributed by atoms with Crippen molar-refractivity contribution in [2.45, 2.75) is 12.5 Å². The van der Waals surface area contributed by atoms with Crippen LogP contribution in [-0.4, -0.2) is 96.2 Å². The number of amides is 4. The topological polar surface area (TPSA) is 144 Å². The van der Waals surface area contributed by atoms with E-state index in [1.165, 1.54) is 6.20 Å². The standard InChI is InChI=1S/C31H33ClN6O6/c32-24-5-1-3-21(17-24)29(41)35-26-18-22(30(42)34-25(19-28(39)40)23-4-2-8-33-20-23)6-7-27(26)36-9-11-37(12-10-36)31(43)38-13-15-44-16-14-38/h1-8,17-18,20,25H,9-16,19H2,(H,34,42)(H,35,41)(H,39,40). The molecule has 2 aliphatic rings. The fourth-order valence-corrected chi connectivity index (χ4v) is 5.41. The lowest BCUT2D eigenvalue weighted by atomic mass is 10.0. The van der Waals surface area contributed by atoms with Crippen LogP contribution in [0.5, 0.6) is 0 Å². The van der Waals surface area contributed by atoms with E-state index < -0.39 is 23.8 Å². The predicted molar refractivity (Wildman–Crippen MR) is 164 cm³/mol. The summed E-state index contributed by atoms with van der Waals surface area (Å²) in [6, 6.07) is 14.0. The minimum atomic E-state index is -1.07. The van der Waals surface area contributed by atoms with Gasteiger partial charge in [0.1, 0.15) is 0 Å². The highest BCUT2D eigenvalue weighted by Gasteiger charge is 2.28. The molecule has 3 heterocycles. The molecule has 0 radical (unpaired) electrons. The molecular weight excluding hydrogens is 588 g/mol. The lowest BCUT2D eigenvalue weighted by molar-refractivity contribution is -0.137. The smallest absolute Gasteiger partial charge is 0.320 e. The number of carboxylic acid groups (broad SMARTS) is 1. The number of morpholine rings is 1. The molecule has 1 unspecified atom stereocenters. The average molecular weight is 621 g/mol. The van der Waals surface area contributed by atoms with Crippen molar-refractivity contribution in [3.8, 4) is 0 Å². The van der Waals surface area contributed by atoms with Gasteiger partial charge in [-0.25, -0.2) is 4.79 Å². The third-order valence-electron chi connectivity index (χ3n) is 7.54. The van der Waals surface area contributed by atoms with Crippen LogP contribution < -0.4 is 15.5 Å². The Bertz CT molecular complexity index is 1510. The summed E-state index contributed by atoms with van der Waals surface area (Å²) in [4.78, 5) is 60.9. The Morgan fingerprint density at radius 2 is 1.61 bits per heavy atom. The Hall–Kier alpha value is -4.68. The van der Waals surface area contributed by atoms with Gasteiger partial charge in [0.15, 0.2) is 0 Å². The van der Waals surface area contributed by atoms with Crippen LogP contribution in [0.4, 0.5) is 16.2 Å². The van der Waals surface area contributed by atoms with E-state index in [2.05, 4.69) is 20.5 Å². The molecule has 1 atom stereocenters. The predicted octanol–water partition coefficient (Wildman–Crippen LogP) is 3.51. The van der Waals surface area contributed by atoms with Crippen molar-refractivity contribution in [3.63, 3.8) is 0 Å². The van der Waals surface area contributed by atoms with E-state index >= 15 is 0 Å². The number of nitrogens with one attached hydrogen (secondary N) is 2. The third kappa shape index (κ3) is 7.63. The molecule has 4 amide bonds. The third-order valence-corrected chi connectivity index (χ3v) is 7.77. The van der Waals surface area contributed by atoms with Crippen LogP contribution in [0.3, 0.4) is 0 Å². The molecule has 2 aliphatic heterocycles. The highest BCUT2D eigenvalue weighted by atomic mass is 35.5. The van der Waals surface area contributed by atoms with Gasteiger partial charge in [0.25, 0.3) is 11.8 Å². The first-order chi connectivity index (χ1) is 21.3. The summed E-state index contributed by atoms with van der Waals surface area (Å²) in [5, 5.41) is 15.6. The summed E-state index contributed by atoms with van der Waals surface area (Å²) in [6.07, 6.45) is 2.74. The zero-order valence-electron chi connectivity index (χ0n) is 23.9. The van der Waals surface area contributed by atoms with Crippen LogP contribution in [0.1, 0.15) is 38.7 Å². The number of anilines is 2. The van der Waals surface area contributed by atoms with Crippen LogP contribution in [0.2, 0.25) is 5.02 Å². The number of carbonyl (C=O) groups is 4. The van der Waals surface area contributed by atoms with Gasteiger partial charge >= 0.3 is 12.0 Å². The van der Waals surface area contributed by atoms with Crippen molar-refractivity contribution < 1.29 is 29.0 Å². The van der Waals surface area contributed by atoms with E-state index in [0.29, 0.717) is 80.0 Å². The van der Waals surface area contributed by atoms with Crippen molar-refractivity contribution >= 4 is 46.8 Å². The molecule has 5 rings (SSSR count). The fourth-order valence-electron chi connectivity index (χ4n) is 5.22. The molecule has 2 aromatic carbocycles. The van der Waals surface area contributed by atoms with E-state index in [1.807, 2.05) is 4.90 Å². The molecule has 44 heavy (non-hydrogen) atoms. The number of halogens is 1. The molecule has 3 aromatic rings. The second-order valence-electron chi connectivity index (χ2n) is 10.5. The van der Waals surface area contributed by atoms with Crippen molar-refractivity contribution in [2.24, 2.45) is 0 Å². The number of benzene rings is 2. The molecule has 0 spiro atoms. The van der Waals surface area contributed by atoms with Gasteiger partial charge in [-0.1, -0.05) is 23.7 Å². The highest BCUT2D eigenvalue weighted by molar-refractivity contribution is 6.31. The summed E-state index contributed by atoms with van der Waals surface area (Å²) in [5.74, 6) is -1.99. The lowest BCUT2D eigenvalue weighted by Crippen LogP contribution is -2.54. The molecule has 1 aromatic heterocycles. The van der Waals surface area contributed by atoms with E-state index in [4.69, 9.17) is 16.3 Å². The average Bonchev–Trinajstić information content (AvgIpc) is 3.05. The van der Waals surface area contributed by atoms with Gasteiger partial charge in [0, 0.05) is 67.8 Å². The van der Waals surface area contributed by atoms with Crippen LogP contribution >= 0.6 is 11.6 Å².